The summed E-state index contributed by atoms with van der Waals surface area (Å²) >= 11 is 1.61. The Morgan fingerprint density at radius 1 is 1.20 bits per heavy atom. The van der Waals surface area contributed by atoms with Crippen molar-refractivity contribution in [3.05, 3.63) is 34.0 Å². The minimum Gasteiger partial charge on any atom is -0.269 e. The minimum atomic E-state index is -0.224. The molecule has 0 saturated heterocycles. The van der Waals surface area contributed by atoms with E-state index in [0.717, 1.165) is 4.88 Å². The third-order valence-corrected chi connectivity index (χ3v) is 3.57. The van der Waals surface area contributed by atoms with Crippen LogP contribution in [0.3, 0.4) is 0 Å². The van der Waals surface area contributed by atoms with Crippen LogP contribution in [0.1, 0.15) is 22.7 Å². The van der Waals surface area contributed by atoms with Gasteiger partial charge >= 0.3 is 0 Å². The smallest absolute Gasteiger partial charge is 0.254 e. The highest BCUT2D eigenvalue weighted by atomic mass is 32.1. The molecule has 1 aliphatic rings. The molecule has 0 spiro atoms. The van der Waals surface area contributed by atoms with Crippen LogP contribution >= 0.6 is 11.3 Å². The van der Waals surface area contributed by atoms with E-state index in [1.165, 1.54) is 21.9 Å². The number of nitrogens with zero attached hydrogens (tertiary/aromatic N) is 1. The fraction of sp³-hybridized carbons (Fsp3) is 0.273. The van der Waals surface area contributed by atoms with E-state index in [2.05, 4.69) is 0 Å². The Labute approximate surface area is 92.0 Å². The molecule has 0 aliphatic carbocycles. The standard InChI is InChI=1S/C11H11NO2S/c1-7-3-4-9(15-7)8(2)12-10(13)5-6-11(12)14/h3-6,8H,1-2H3. The third-order valence-electron chi connectivity index (χ3n) is 2.40. The lowest BCUT2D eigenvalue weighted by molar-refractivity contribution is -0.139. The normalized spacial score (nSPS) is 17.6. The Kier molecular flexibility index (Phi) is 2.44. The van der Waals surface area contributed by atoms with Crippen molar-refractivity contribution >= 4 is 23.2 Å². The van der Waals surface area contributed by atoms with Crippen molar-refractivity contribution < 1.29 is 9.59 Å². The summed E-state index contributed by atoms with van der Waals surface area (Å²) in [5.74, 6) is -0.447. The van der Waals surface area contributed by atoms with Crippen LogP contribution in [-0.2, 0) is 9.59 Å². The average Bonchev–Trinajstić information content (AvgIpc) is 2.73. The molecule has 2 amide bonds. The van der Waals surface area contributed by atoms with Gasteiger partial charge in [0.15, 0.2) is 0 Å². The summed E-state index contributed by atoms with van der Waals surface area (Å²) in [6.07, 6.45) is 2.64. The first-order valence-electron chi connectivity index (χ1n) is 4.71. The minimum absolute atomic E-state index is 0.168. The molecule has 1 aromatic heterocycles. The first-order chi connectivity index (χ1) is 7.09. The fourth-order valence-corrected chi connectivity index (χ4v) is 2.52. The molecule has 3 nitrogen and oxygen atoms in total. The lowest BCUT2D eigenvalue weighted by Gasteiger charge is -2.21. The van der Waals surface area contributed by atoms with Gasteiger partial charge in [0, 0.05) is 21.9 Å². The summed E-state index contributed by atoms with van der Waals surface area (Å²) in [5.41, 5.74) is 0. The van der Waals surface area contributed by atoms with Crippen molar-refractivity contribution in [1.82, 2.24) is 4.90 Å². The lowest BCUT2D eigenvalue weighted by atomic mass is 10.2. The Balaban J connectivity index is 2.25. The summed E-state index contributed by atoms with van der Waals surface area (Å²) in [4.78, 5) is 26.4. The summed E-state index contributed by atoms with van der Waals surface area (Å²) < 4.78 is 0. The number of hydrogen-bond donors (Lipinski definition) is 0. The zero-order valence-corrected chi connectivity index (χ0v) is 9.38. The van der Waals surface area contributed by atoms with Gasteiger partial charge in [0.05, 0.1) is 6.04 Å². The monoisotopic (exact) mass is 221 g/mol. The average molecular weight is 221 g/mol. The van der Waals surface area contributed by atoms with Gasteiger partial charge in [0.1, 0.15) is 0 Å². The van der Waals surface area contributed by atoms with Crippen LogP contribution in [0.2, 0.25) is 0 Å². The second-order valence-corrected chi connectivity index (χ2v) is 4.82. The Bertz CT molecular complexity index is 429. The summed E-state index contributed by atoms with van der Waals surface area (Å²) in [7, 11) is 0. The molecule has 0 bridgehead atoms. The van der Waals surface area contributed by atoms with Crippen molar-refractivity contribution in [2.24, 2.45) is 0 Å². The van der Waals surface area contributed by atoms with E-state index in [4.69, 9.17) is 0 Å². The van der Waals surface area contributed by atoms with E-state index in [1.807, 2.05) is 26.0 Å². The van der Waals surface area contributed by atoms with Gasteiger partial charge in [-0.05, 0) is 26.0 Å². The summed E-state index contributed by atoms with van der Waals surface area (Å²) in [5, 5.41) is 0. The summed E-state index contributed by atoms with van der Waals surface area (Å²) in [6, 6.07) is 3.79. The molecule has 0 radical (unpaired) electrons. The Morgan fingerprint density at radius 3 is 2.27 bits per heavy atom. The molecule has 0 fully saturated rings. The molecule has 0 saturated carbocycles. The lowest BCUT2D eigenvalue weighted by Crippen LogP contribution is -2.32. The van der Waals surface area contributed by atoms with Gasteiger partial charge in [-0.15, -0.1) is 11.3 Å². The molecule has 1 atom stereocenters. The molecule has 0 N–H and O–H groups in total. The van der Waals surface area contributed by atoms with E-state index < -0.39 is 0 Å². The van der Waals surface area contributed by atoms with Crippen molar-refractivity contribution in [2.45, 2.75) is 19.9 Å². The number of carbonyl (C=O) groups excluding carboxylic acids is 2. The maximum absolute atomic E-state index is 11.4. The van der Waals surface area contributed by atoms with Gasteiger partial charge in [-0.1, -0.05) is 0 Å². The van der Waals surface area contributed by atoms with Crippen LogP contribution < -0.4 is 0 Å². The van der Waals surface area contributed by atoms with Crippen molar-refractivity contribution in [2.75, 3.05) is 0 Å². The van der Waals surface area contributed by atoms with Gasteiger partial charge in [-0.25, -0.2) is 0 Å². The predicted molar refractivity (Wildman–Crippen MR) is 58.5 cm³/mol. The SMILES string of the molecule is Cc1ccc(C(C)N2C(=O)C=CC2=O)s1. The van der Waals surface area contributed by atoms with Crippen LogP contribution in [0.5, 0.6) is 0 Å². The molecule has 15 heavy (non-hydrogen) atoms. The molecule has 78 valence electrons. The second-order valence-electron chi connectivity index (χ2n) is 3.50. The van der Waals surface area contributed by atoms with Crippen LogP contribution in [0, 0.1) is 6.92 Å². The number of carbonyl (C=O) groups is 2. The number of aryl methyl sites for hydroxylation is 1. The molecule has 1 aromatic rings. The quantitative estimate of drug-likeness (QED) is 0.717. The maximum Gasteiger partial charge on any atom is 0.254 e. The fourth-order valence-electron chi connectivity index (χ4n) is 1.60. The van der Waals surface area contributed by atoms with E-state index in [1.54, 1.807) is 11.3 Å². The number of rotatable bonds is 2. The molecular weight excluding hydrogens is 210 g/mol. The van der Waals surface area contributed by atoms with Gasteiger partial charge < -0.3 is 0 Å². The van der Waals surface area contributed by atoms with E-state index >= 15 is 0 Å². The van der Waals surface area contributed by atoms with Gasteiger partial charge in [0.2, 0.25) is 0 Å². The molecule has 1 unspecified atom stereocenters. The molecule has 1 aliphatic heterocycles. The molecule has 4 heteroatoms. The van der Waals surface area contributed by atoms with Crippen LogP contribution in [0.25, 0.3) is 0 Å². The largest absolute Gasteiger partial charge is 0.269 e. The van der Waals surface area contributed by atoms with Gasteiger partial charge in [-0.2, -0.15) is 0 Å². The van der Waals surface area contributed by atoms with Crippen LogP contribution in [0.4, 0.5) is 0 Å². The number of hydrogen-bond acceptors (Lipinski definition) is 3. The highest BCUT2D eigenvalue weighted by molar-refractivity contribution is 7.12. The van der Waals surface area contributed by atoms with E-state index in [9.17, 15) is 9.59 Å². The van der Waals surface area contributed by atoms with E-state index in [0.29, 0.717) is 0 Å². The summed E-state index contributed by atoms with van der Waals surface area (Å²) in [6.45, 7) is 3.88. The maximum atomic E-state index is 11.4. The molecule has 2 heterocycles. The second kappa shape index (κ2) is 3.62. The number of amides is 2. The van der Waals surface area contributed by atoms with Gasteiger partial charge in [-0.3, -0.25) is 14.5 Å². The number of imide groups is 1. The van der Waals surface area contributed by atoms with Gasteiger partial charge in [0.25, 0.3) is 11.8 Å². The predicted octanol–water partition coefficient (Wildman–Crippen LogP) is 2.04. The van der Waals surface area contributed by atoms with Crippen molar-refractivity contribution in [3.63, 3.8) is 0 Å². The Hall–Kier alpha value is -1.42. The zero-order valence-electron chi connectivity index (χ0n) is 8.56. The van der Waals surface area contributed by atoms with Crippen LogP contribution in [0.15, 0.2) is 24.3 Å². The highest BCUT2D eigenvalue weighted by Gasteiger charge is 2.29. The van der Waals surface area contributed by atoms with Crippen molar-refractivity contribution in [1.29, 1.82) is 0 Å². The number of thiophene rings is 1. The molecule has 2 rings (SSSR count). The van der Waals surface area contributed by atoms with Crippen molar-refractivity contribution in [3.8, 4) is 0 Å². The van der Waals surface area contributed by atoms with Crippen LogP contribution in [-0.4, -0.2) is 16.7 Å². The first kappa shape index (κ1) is 10.1. The third kappa shape index (κ3) is 1.72. The molecular formula is C11H11NO2S. The highest BCUT2D eigenvalue weighted by Crippen LogP contribution is 2.28. The topological polar surface area (TPSA) is 37.4 Å². The molecule has 0 aromatic carbocycles. The first-order valence-corrected chi connectivity index (χ1v) is 5.53. The zero-order chi connectivity index (χ0) is 11.0. The Morgan fingerprint density at radius 2 is 1.80 bits per heavy atom. The van der Waals surface area contributed by atoms with E-state index in [-0.39, 0.29) is 17.9 Å².